The summed E-state index contributed by atoms with van der Waals surface area (Å²) < 4.78 is 5.23. The standard InChI is InChI=1S/C8H19NO.C8H11N/c1-4-9(5-2)7-8-10-6-3;1-7-3-2-4-8(9)6-5-7/h4-8H2,1-3H3;2-3,5-6H,4,9H2,1H3. The molecular formula is C16H30N2O. The molecule has 0 aromatic carbocycles. The van der Waals surface area contributed by atoms with Gasteiger partial charge in [-0.3, -0.25) is 0 Å². The first-order chi connectivity index (χ1) is 9.13. The second kappa shape index (κ2) is 12.0. The van der Waals surface area contributed by atoms with Gasteiger partial charge in [0.25, 0.3) is 0 Å². The molecule has 0 aromatic heterocycles. The molecular weight excluding hydrogens is 236 g/mol. The van der Waals surface area contributed by atoms with Gasteiger partial charge >= 0.3 is 0 Å². The SMILES string of the molecule is CC1=CC=C(N)CC=C1.CCOCCN(CC)CC. The molecule has 1 aliphatic carbocycles. The summed E-state index contributed by atoms with van der Waals surface area (Å²) >= 11 is 0. The van der Waals surface area contributed by atoms with Gasteiger partial charge in [-0.05, 0) is 33.0 Å². The van der Waals surface area contributed by atoms with E-state index < -0.39 is 0 Å². The van der Waals surface area contributed by atoms with Gasteiger partial charge in [0.05, 0.1) is 6.61 Å². The van der Waals surface area contributed by atoms with Crippen molar-refractivity contribution in [3.63, 3.8) is 0 Å². The van der Waals surface area contributed by atoms with Gasteiger partial charge in [0.15, 0.2) is 0 Å². The third-order valence-electron chi connectivity index (χ3n) is 2.95. The average Bonchev–Trinajstić information content (AvgIpc) is 2.60. The first-order valence-electron chi connectivity index (χ1n) is 7.23. The zero-order chi connectivity index (χ0) is 14.5. The Hall–Kier alpha value is -1.06. The number of ether oxygens (including phenoxy) is 1. The van der Waals surface area contributed by atoms with Crippen molar-refractivity contribution in [3.8, 4) is 0 Å². The second-order valence-corrected chi connectivity index (χ2v) is 4.48. The quantitative estimate of drug-likeness (QED) is 0.751. The molecule has 0 aliphatic heterocycles. The van der Waals surface area contributed by atoms with Crippen molar-refractivity contribution in [1.82, 2.24) is 4.90 Å². The zero-order valence-corrected chi connectivity index (χ0v) is 13.0. The monoisotopic (exact) mass is 266 g/mol. The van der Waals surface area contributed by atoms with E-state index in [0.29, 0.717) is 0 Å². The predicted molar refractivity (Wildman–Crippen MR) is 84.1 cm³/mol. The van der Waals surface area contributed by atoms with Gasteiger partial charge in [0.2, 0.25) is 0 Å². The molecule has 0 saturated carbocycles. The van der Waals surface area contributed by atoms with E-state index in [1.807, 2.05) is 19.1 Å². The second-order valence-electron chi connectivity index (χ2n) is 4.48. The number of rotatable bonds is 6. The van der Waals surface area contributed by atoms with Crippen LogP contribution >= 0.6 is 0 Å². The highest BCUT2D eigenvalue weighted by atomic mass is 16.5. The van der Waals surface area contributed by atoms with Crippen LogP contribution in [0.25, 0.3) is 0 Å². The van der Waals surface area contributed by atoms with E-state index in [9.17, 15) is 0 Å². The zero-order valence-electron chi connectivity index (χ0n) is 13.0. The molecule has 0 amide bonds. The highest BCUT2D eigenvalue weighted by Gasteiger charge is 1.96. The van der Waals surface area contributed by atoms with Crippen LogP contribution in [-0.4, -0.2) is 37.7 Å². The number of hydrogen-bond acceptors (Lipinski definition) is 3. The Bertz CT molecular complexity index is 302. The molecule has 1 rings (SSSR count). The van der Waals surface area contributed by atoms with Gasteiger partial charge in [0, 0.05) is 25.3 Å². The summed E-state index contributed by atoms with van der Waals surface area (Å²) in [6.07, 6.45) is 9.02. The normalized spacial score (nSPS) is 14.4. The maximum absolute atomic E-state index is 5.56. The van der Waals surface area contributed by atoms with Crippen LogP contribution < -0.4 is 5.73 Å². The molecule has 0 atom stereocenters. The largest absolute Gasteiger partial charge is 0.402 e. The summed E-state index contributed by atoms with van der Waals surface area (Å²) in [7, 11) is 0. The molecule has 0 fully saturated rings. The van der Waals surface area contributed by atoms with Crippen LogP contribution in [0, 0.1) is 0 Å². The minimum absolute atomic E-state index is 0.835. The summed E-state index contributed by atoms with van der Waals surface area (Å²) in [5, 5.41) is 0. The first-order valence-corrected chi connectivity index (χ1v) is 7.23. The maximum atomic E-state index is 5.56. The van der Waals surface area contributed by atoms with Crippen molar-refractivity contribution in [2.75, 3.05) is 32.8 Å². The topological polar surface area (TPSA) is 38.5 Å². The maximum Gasteiger partial charge on any atom is 0.0593 e. The first kappa shape index (κ1) is 17.9. The van der Waals surface area contributed by atoms with E-state index in [1.165, 1.54) is 5.57 Å². The molecule has 3 heteroatoms. The lowest BCUT2D eigenvalue weighted by Gasteiger charge is -2.16. The summed E-state index contributed by atoms with van der Waals surface area (Å²) in [6, 6.07) is 0. The third-order valence-corrected chi connectivity index (χ3v) is 2.95. The van der Waals surface area contributed by atoms with Gasteiger partial charge in [-0.15, -0.1) is 0 Å². The molecule has 0 spiro atoms. The number of allylic oxidation sites excluding steroid dienone is 5. The van der Waals surface area contributed by atoms with Crippen LogP contribution in [0.4, 0.5) is 0 Å². The Kier molecular flexibility index (Phi) is 11.3. The Morgan fingerprint density at radius 2 is 1.89 bits per heavy atom. The van der Waals surface area contributed by atoms with Crippen molar-refractivity contribution in [2.45, 2.75) is 34.1 Å². The molecule has 0 unspecified atom stereocenters. The van der Waals surface area contributed by atoms with Crippen molar-refractivity contribution in [2.24, 2.45) is 5.73 Å². The minimum atomic E-state index is 0.835. The summed E-state index contributed by atoms with van der Waals surface area (Å²) in [5.74, 6) is 0. The van der Waals surface area contributed by atoms with E-state index in [1.54, 1.807) is 0 Å². The molecule has 0 heterocycles. The molecule has 0 aromatic rings. The van der Waals surface area contributed by atoms with Crippen LogP contribution in [0.15, 0.2) is 35.6 Å². The van der Waals surface area contributed by atoms with Crippen molar-refractivity contribution >= 4 is 0 Å². The number of nitrogens with zero attached hydrogens (tertiary/aromatic N) is 1. The van der Waals surface area contributed by atoms with Gasteiger partial charge in [0.1, 0.15) is 0 Å². The summed E-state index contributed by atoms with van der Waals surface area (Å²) in [4.78, 5) is 2.36. The Morgan fingerprint density at radius 3 is 2.47 bits per heavy atom. The van der Waals surface area contributed by atoms with E-state index in [0.717, 1.165) is 45.0 Å². The fourth-order valence-corrected chi connectivity index (χ4v) is 1.62. The van der Waals surface area contributed by atoms with Crippen LogP contribution in [0.2, 0.25) is 0 Å². The smallest absolute Gasteiger partial charge is 0.0593 e. The van der Waals surface area contributed by atoms with Crippen LogP contribution in [0.1, 0.15) is 34.1 Å². The number of nitrogens with two attached hydrogens (primary N) is 1. The predicted octanol–water partition coefficient (Wildman–Crippen LogP) is 3.10. The average molecular weight is 266 g/mol. The van der Waals surface area contributed by atoms with E-state index in [-0.39, 0.29) is 0 Å². The molecule has 0 saturated heterocycles. The Morgan fingerprint density at radius 1 is 1.21 bits per heavy atom. The molecule has 0 bridgehead atoms. The fraction of sp³-hybridized carbons (Fsp3) is 0.625. The molecule has 0 radical (unpaired) electrons. The lowest BCUT2D eigenvalue weighted by Crippen LogP contribution is -2.26. The van der Waals surface area contributed by atoms with Crippen molar-refractivity contribution < 1.29 is 4.74 Å². The van der Waals surface area contributed by atoms with Crippen molar-refractivity contribution in [3.05, 3.63) is 35.6 Å². The van der Waals surface area contributed by atoms with Gasteiger partial charge in [-0.2, -0.15) is 0 Å². The minimum Gasteiger partial charge on any atom is -0.402 e. The molecule has 19 heavy (non-hydrogen) atoms. The lowest BCUT2D eigenvalue weighted by molar-refractivity contribution is 0.117. The van der Waals surface area contributed by atoms with Gasteiger partial charge < -0.3 is 15.4 Å². The van der Waals surface area contributed by atoms with Crippen molar-refractivity contribution in [1.29, 1.82) is 0 Å². The van der Waals surface area contributed by atoms with E-state index in [2.05, 4.69) is 37.8 Å². The van der Waals surface area contributed by atoms with Gasteiger partial charge in [-0.1, -0.05) is 37.6 Å². The lowest BCUT2D eigenvalue weighted by atomic mass is 10.3. The Labute approximate surface area is 118 Å². The molecule has 1 aliphatic rings. The van der Waals surface area contributed by atoms with E-state index >= 15 is 0 Å². The Balaban J connectivity index is 0.000000342. The third kappa shape index (κ3) is 10.5. The van der Waals surface area contributed by atoms with Crippen LogP contribution in [0.3, 0.4) is 0 Å². The summed E-state index contributed by atoms with van der Waals surface area (Å²) in [6.45, 7) is 13.5. The molecule has 110 valence electrons. The highest BCUT2D eigenvalue weighted by Crippen LogP contribution is 2.05. The fourth-order valence-electron chi connectivity index (χ4n) is 1.62. The highest BCUT2D eigenvalue weighted by molar-refractivity contribution is 5.28. The van der Waals surface area contributed by atoms with Gasteiger partial charge in [-0.25, -0.2) is 0 Å². The summed E-state index contributed by atoms with van der Waals surface area (Å²) in [5.41, 5.74) is 7.76. The molecule has 2 N–H and O–H groups in total. The number of hydrogen-bond donors (Lipinski definition) is 1. The number of likely N-dealkylation sites (N-methyl/N-ethyl adjacent to an activating group) is 1. The molecule has 3 nitrogen and oxygen atoms in total. The van der Waals surface area contributed by atoms with Crippen LogP contribution in [-0.2, 0) is 4.74 Å². The van der Waals surface area contributed by atoms with E-state index in [4.69, 9.17) is 10.5 Å². The van der Waals surface area contributed by atoms with Crippen LogP contribution in [0.5, 0.6) is 0 Å².